The summed E-state index contributed by atoms with van der Waals surface area (Å²) in [4.78, 5) is 27.8. The first-order chi connectivity index (χ1) is 9.64. The maximum atomic E-state index is 12.5. The molecule has 0 aromatic heterocycles. The number of amides is 2. The van der Waals surface area contributed by atoms with E-state index in [9.17, 15) is 14.7 Å². The van der Waals surface area contributed by atoms with Gasteiger partial charge in [0.2, 0.25) is 5.91 Å². The Morgan fingerprint density at radius 2 is 2.00 bits per heavy atom. The number of rotatable bonds is 0. The number of benzene rings is 1. The van der Waals surface area contributed by atoms with Crippen LogP contribution in [0.4, 0.5) is 0 Å². The molecule has 20 heavy (non-hydrogen) atoms. The van der Waals surface area contributed by atoms with E-state index in [1.54, 1.807) is 21.9 Å². The van der Waals surface area contributed by atoms with Crippen molar-refractivity contribution < 1.29 is 14.7 Å². The van der Waals surface area contributed by atoms with Crippen LogP contribution in [0.3, 0.4) is 0 Å². The molecule has 0 saturated carbocycles. The lowest BCUT2D eigenvalue weighted by molar-refractivity contribution is -0.143. The Morgan fingerprint density at radius 1 is 1.20 bits per heavy atom. The number of hydrogen-bond acceptors (Lipinski definition) is 3. The quantitative estimate of drug-likeness (QED) is 0.755. The van der Waals surface area contributed by atoms with Crippen LogP contribution in [0.1, 0.15) is 35.2 Å². The van der Waals surface area contributed by atoms with Crippen LogP contribution in [0.15, 0.2) is 24.3 Å². The fraction of sp³-hybridized carbons (Fsp3) is 0.467. The Bertz CT molecular complexity index is 615. The molecule has 2 unspecified atom stereocenters. The Morgan fingerprint density at radius 3 is 2.85 bits per heavy atom. The fourth-order valence-electron chi connectivity index (χ4n) is 3.90. The van der Waals surface area contributed by atoms with Gasteiger partial charge in [0.15, 0.2) is 5.72 Å². The van der Waals surface area contributed by atoms with E-state index in [0.29, 0.717) is 43.5 Å². The van der Waals surface area contributed by atoms with Crippen LogP contribution in [-0.4, -0.2) is 45.9 Å². The van der Waals surface area contributed by atoms with Crippen LogP contribution in [-0.2, 0) is 10.5 Å². The summed E-state index contributed by atoms with van der Waals surface area (Å²) in [5.41, 5.74) is -0.135. The van der Waals surface area contributed by atoms with Gasteiger partial charge in [-0.1, -0.05) is 18.2 Å². The lowest BCUT2D eigenvalue weighted by Crippen LogP contribution is -2.54. The maximum absolute atomic E-state index is 12.5. The zero-order valence-electron chi connectivity index (χ0n) is 11.1. The van der Waals surface area contributed by atoms with Gasteiger partial charge in [0, 0.05) is 30.6 Å². The average molecular weight is 272 g/mol. The summed E-state index contributed by atoms with van der Waals surface area (Å²) in [6, 6.07) is 6.89. The molecule has 1 aromatic carbocycles. The van der Waals surface area contributed by atoms with Crippen molar-refractivity contribution in [1.82, 2.24) is 9.80 Å². The first kappa shape index (κ1) is 11.9. The largest absolute Gasteiger partial charge is 0.365 e. The molecule has 1 N–H and O–H groups in total. The first-order valence-electron chi connectivity index (χ1n) is 7.07. The molecule has 4 rings (SSSR count). The highest BCUT2D eigenvalue weighted by molar-refractivity contribution is 6.00. The molecule has 0 aliphatic carbocycles. The lowest BCUT2D eigenvalue weighted by Gasteiger charge is -2.39. The van der Waals surface area contributed by atoms with Gasteiger partial charge in [-0.15, -0.1) is 0 Å². The lowest BCUT2D eigenvalue weighted by atomic mass is 9.92. The number of fused-ring (bicyclic) bond motifs is 5. The average Bonchev–Trinajstić information content (AvgIpc) is 2.86. The van der Waals surface area contributed by atoms with Crippen molar-refractivity contribution in [2.45, 2.75) is 31.0 Å². The predicted molar refractivity (Wildman–Crippen MR) is 70.7 cm³/mol. The molecule has 104 valence electrons. The Hall–Kier alpha value is -1.88. The monoisotopic (exact) mass is 272 g/mol. The van der Waals surface area contributed by atoms with E-state index < -0.39 is 5.72 Å². The molecule has 2 amide bonds. The van der Waals surface area contributed by atoms with Crippen molar-refractivity contribution in [2.75, 3.05) is 13.1 Å². The number of nitrogens with zero attached hydrogens (tertiary/aromatic N) is 2. The second-order valence-electron chi connectivity index (χ2n) is 5.72. The summed E-state index contributed by atoms with van der Waals surface area (Å²) in [6.45, 7) is 1.11. The summed E-state index contributed by atoms with van der Waals surface area (Å²) in [5.74, 6) is -0.0357. The van der Waals surface area contributed by atoms with Crippen molar-refractivity contribution in [2.24, 2.45) is 0 Å². The first-order valence-corrected chi connectivity index (χ1v) is 7.07. The third kappa shape index (κ3) is 1.26. The second-order valence-corrected chi connectivity index (χ2v) is 5.72. The van der Waals surface area contributed by atoms with Crippen molar-refractivity contribution >= 4 is 11.8 Å². The normalized spacial score (nSPS) is 31.9. The van der Waals surface area contributed by atoms with E-state index in [2.05, 4.69) is 0 Å². The molecular weight excluding hydrogens is 256 g/mol. The highest BCUT2D eigenvalue weighted by atomic mass is 16.3. The zero-order valence-corrected chi connectivity index (χ0v) is 11.1. The number of hydrogen-bond donors (Lipinski definition) is 1. The van der Waals surface area contributed by atoms with E-state index in [-0.39, 0.29) is 17.9 Å². The highest BCUT2D eigenvalue weighted by Crippen LogP contribution is 2.46. The summed E-state index contributed by atoms with van der Waals surface area (Å²) < 4.78 is 0. The summed E-state index contributed by atoms with van der Waals surface area (Å²) in [7, 11) is 0. The van der Waals surface area contributed by atoms with Gasteiger partial charge in [-0.3, -0.25) is 9.59 Å². The molecule has 0 spiro atoms. The molecule has 2 atom stereocenters. The van der Waals surface area contributed by atoms with E-state index in [4.69, 9.17) is 0 Å². The molecule has 2 fully saturated rings. The number of carbonyl (C=O) groups excluding carboxylic acids is 2. The van der Waals surface area contributed by atoms with Crippen molar-refractivity contribution in [3.05, 3.63) is 35.4 Å². The minimum atomic E-state index is -1.35. The van der Waals surface area contributed by atoms with Gasteiger partial charge in [0.25, 0.3) is 5.91 Å². The topological polar surface area (TPSA) is 60.9 Å². The SMILES string of the molecule is O=C1CCC2N1CCCN1C(=O)c3ccccc3C21O. The van der Waals surface area contributed by atoms with Gasteiger partial charge in [-0.25, -0.2) is 0 Å². The van der Waals surface area contributed by atoms with Crippen LogP contribution in [0.25, 0.3) is 0 Å². The van der Waals surface area contributed by atoms with E-state index in [0.717, 1.165) is 0 Å². The zero-order chi connectivity index (χ0) is 13.9. The Kier molecular flexibility index (Phi) is 2.27. The van der Waals surface area contributed by atoms with E-state index >= 15 is 0 Å². The molecule has 1 aromatic rings. The van der Waals surface area contributed by atoms with Crippen LogP contribution >= 0.6 is 0 Å². The van der Waals surface area contributed by atoms with Gasteiger partial charge in [0.05, 0.1) is 6.04 Å². The van der Waals surface area contributed by atoms with Gasteiger partial charge in [-0.2, -0.15) is 0 Å². The third-order valence-corrected chi connectivity index (χ3v) is 4.78. The molecule has 3 heterocycles. The highest BCUT2D eigenvalue weighted by Gasteiger charge is 2.58. The minimum absolute atomic E-state index is 0.0853. The molecule has 2 saturated heterocycles. The number of aliphatic hydroxyl groups is 1. The second kappa shape index (κ2) is 3.82. The van der Waals surface area contributed by atoms with Gasteiger partial charge >= 0.3 is 0 Å². The molecule has 0 bridgehead atoms. The van der Waals surface area contributed by atoms with Crippen molar-refractivity contribution in [3.63, 3.8) is 0 Å². The van der Waals surface area contributed by atoms with Crippen molar-refractivity contribution in [3.8, 4) is 0 Å². The molecule has 0 radical (unpaired) electrons. The Labute approximate surface area is 116 Å². The van der Waals surface area contributed by atoms with Crippen LogP contribution in [0, 0.1) is 0 Å². The fourth-order valence-corrected chi connectivity index (χ4v) is 3.90. The van der Waals surface area contributed by atoms with Crippen LogP contribution in [0.5, 0.6) is 0 Å². The van der Waals surface area contributed by atoms with Crippen molar-refractivity contribution in [1.29, 1.82) is 0 Å². The smallest absolute Gasteiger partial charge is 0.256 e. The molecular formula is C15H16N2O3. The molecule has 3 aliphatic rings. The standard InChI is InChI=1S/C15H16N2O3/c18-13-7-6-12-15(20)11-5-2-1-4-10(11)14(19)17(15)9-3-8-16(12)13/h1-2,4-5,12,20H,3,6-9H2. The van der Waals surface area contributed by atoms with Gasteiger partial charge in [0.1, 0.15) is 0 Å². The number of carbonyl (C=O) groups is 2. The van der Waals surface area contributed by atoms with Gasteiger partial charge < -0.3 is 14.9 Å². The van der Waals surface area contributed by atoms with Crippen LogP contribution in [0.2, 0.25) is 0 Å². The Balaban J connectivity index is 1.92. The minimum Gasteiger partial charge on any atom is -0.365 e. The summed E-state index contributed by atoms with van der Waals surface area (Å²) in [6.07, 6.45) is 1.77. The predicted octanol–water partition coefficient (Wildman–Crippen LogP) is 0.682. The van der Waals surface area contributed by atoms with E-state index in [1.165, 1.54) is 0 Å². The molecule has 5 heteroatoms. The van der Waals surface area contributed by atoms with Gasteiger partial charge in [-0.05, 0) is 18.9 Å². The molecule has 3 aliphatic heterocycles. The maximum Gasteiger partial charge on any atom is 0.256 e. The van der Waals surface area contributed by atoms with Crippen LogP contribution < -0.4 is 0 Å². The summed E-state index contributed by atoms with van der Waals surface area (Å²) in [5, 5.41) is 11.3. The summed E-state index contributed by atoms with van der Waals surface area (Å²) >= 11 is 0. The molecule has 5 nitrogen and oxygen atoms in total. The van der Waals surface area contributed by atoms with E-state index in [1.807, 2.05) is 12.1 Å². The third-order valence-electron chi connectivity index (χ3n) is 4.78.